The van der Waals surface area contributed by atoms with Crippen molar-refractivity contribution in [3.8, 4) is 5.75 Å². The van der Waals surface area contributed by atoms with Gasteiger partial charge in [-0.05, 0) is 44.0 Å². The molecule has 1 aromatic heterocycles. The minimum atomic E-state index is 0.805. The predicted octanol–water partition coefficient (Wildman–Crippen LogP) is 4.16. The van der Waals surface area contributed by atoms with Crippen LogP contribution in [0, 0.1) is 20.8 Å². The number of hydrogen-bond donors (Lipinski definition) is 1. The Morgan fingerprint density at radius 3 is 2.46 bits per heavy atom. The van der Waals surface area contributed by atoms with Gasteiger partial charge in [-0.1, -0.05) is 42.0 Å². The topological polar surface area (TPSA) is 39.1 Å². The number of aromatic nitrogens is 2. The molecule has 0 aliphatic rings. The van der Waals surface area contributed by atoms with Crippen LogP contribution >= 0.6 is 0 Å². The van der Waals surface area contributed by atoms with E-state index in [0.29, 0.717) is 0 Å². The smallest absolute Gasteiger partial charge is 0.119 e. The lowest BCUT2D eigenvalue weighted by molar-refractivity contribution is 0.414. The highest BCUT2D eigenvalue weighted by atomic mass is 16.5. The first-order valence-electron chi connectivity index (χ1n) is 8.99. The minimum absolute atomic E-state index is 0.805. The summed E-state index contributed by atoms with van der Waals surface area (Å²) < 4.78 is 7.38. The molecular formula is C22H27N3O. The van der Waals surface area contributed by atoms with Crippen molar-refractivity contribution in [1.29, 1.82) is 0 Å². The van der Waals surface area contributed by atoms with Gasteiger partial charge in [-0.2, -0.15) is 5.10 Å². The van der Waals surface area contributed by atoms with Crippen LogP contribution in [0.5, 0.6) is 5.75 Å². The van der Waals surface area contributed by atoms with Crippen LogP contribution in [0.3, 0.4) is 0 Å². The van der Waals surface area contributed by atoms with Crippen LogP contribution < -0.4 is 10.1 Å². The molecule has 0 bridgehead atoms. The lowest BCUT2D eigenvalue weighted by Crippen LogP contribution is -2.14. The molecule has 0 fully saturated rings. The Balaban J connectivity index is 1.64. The Morgan fingerprint density at radius 1 is 0.962 bits per heavy atom. The lowest BCUT2D eigenvalue weighted by Gasteiger charge is -2.08. The second-order valence-corrected chi connectivity index (χ2v) is 6.75. The maximum Gasteiger partial charge on any atom is 0.119 e. The van der Waals surface area contributed by atoms with Crippen LogP contribution in [0.4, 0.5) is 0 Å². The van der Waals surface area contributed by atoms with Gasteiger partial charge in [-0.15, -0.1) is 0 Å². The zero-order valence-electron chi connectivity index (χ0n) is 16.0. The summed E-state index contributed by atoms with van der Waals surface area (Å²) >= 11 is 0. The number of aryl methyl sites for hydroxylation is 2. The monoisotopic (exact) mass is 349 g/mol. The van der Waals surface area contributed by atoms with E-state index >= 15 is 0 Å². The van der Waals surface area contributed by atoms with E-state index < -0.39 is 0 Å². The first-order valence-corrected chi connectivity index (χ1v) is 8.99. The summed E-state index contributed by atoms with van der Waals surface area (Å²) in [7, 11) is 1.70. The molecule has 4 heteroatoms. The maximum atomic E-state index is 5.28. The van der Waals surface area contributed by atoms with Crippen LogP contribution in [0.2, 0.25) is 0 Å². The molecule has 26 heavy (non-hydrogen) atoms. The average Bonchev–Trinajstić information content (AvgIpc) is 2.91. The number of benzene rings is 2. The number of rotatable bonds is 7. The summed E-state index contributed by atoms with van der Waals surface area (Å²) in [5.74, 6) is 0.891. The van der Waals surface area contributed by atoms with E-state index in [0.717, 1.165) is 31.1 Å². The highest BCUT2D eigenvalue weighted by Crippen LogP contribution is 2.16. The predicted molar refractivity (Wildman–Crippen MR) is 106 cm³/mol. The number of methoxy groups -OCH3 is 1. The summed E-state index contributed by atoms with van der Waals surface area (Å²) in [5, 5.41) is 8.26. The van der Waals surface area contributed by atoms with Gasteiger partial charge >= 0.3 is 0 Å². The third-order valence-electron chi connectivity index (χ3n) is 4.75. The molecule has 2 aromatic carbocycles. The number of nitrogens with zero attached hydrogens (tertiary/aromatic N) is 2. The Labute approximate surface area is 155 Å². The highest BCUT2D eigenvalue weighted by molar-refractivity contribution is 5.29. The third kappa shape index (κ3) is 4.33. The molecule has 0 spiro atoms. The molecule has 0 saturated heterocycles. The van der Waals surface area contributed by atoms with Crippen molar-refractivity contribution >= 4 is 0 Å². The molecule has 0 atom stereocenters. The Bertz CT molecular complexity index is 866. The third-order valence-corrected chi connectivity index (χ3v) is 4.75. The van der Waals surface area contributed by atoms with Gasteiger partial charge in [0.2, 0.25) is 0 Å². The van der Waals surface area contributed by atoms with Crippen molar-refractivity contribution < 1.29 is 4.74 Å². The summed E-state index contributed by atoms with van der Waals surface area (Å²) in [6.45, 7) is 8.77. The van der Waals surface area contributed by atoms with E-state index in [4.69, 9.17) is 9.84 Å². The van der Waals surface area contributed by atoms with E-state index in [-0.39, 0.29) is 0 Å². The van der Waals surface area contributed by atoms with Crippen LogP contribution in [-0.4, -0.2) is 16.9 Å². The van der Waals surface area contributed by atoms with Crippen molar-refractivity contribution in [2.24, 2.45) is 0 Å². The van der Waals surface area contributed by atoms with E-state index in [9.17, 15) is 0 Å². The molecule has 1 heterocycles. The first kappa shape index (κ1) is 18.2. The zero-order chi connectivity index (χ0) is 18.5. The summed E-state index contributed by atoms with van der Waals surface area (Å²) in [4.78, 5) is 0. The van der Waals surface area contributed by atoms with Gasteiger partial charge in [-0.25, -0.2) is 0 Å². The van der Waals surface area contributed by atoms with Gasteiger partial charge in [0, 0.05) is 24.3 Å². The van der Waals surface area contributed by atoms with Crippen molar-refractivity contribution in [2.45, 2.75) is 40.4 Å². The van der Waals surface area contributed by atoms with Gasteiger partial charge in [-0.3, -0.25) is 4.68 Å². The molecule has 1 N–H and O–H groups in total. The molecule has 3 aromatic rings. The highest BCUT2D eigenvalue weighted by Gasteiger charge is 2.11. The SMILES string of the molecule is COc1cccc(CNCc2c(C)nn(Cc3ccc(C)cc3)c2C)c1. The lowest BCUT2D eigenvalue weighted by atomic mass is 10.1. The van der Waals surface area contributed by atoms with E-state index in [1.165, 1.54) is 27.9 Å². The van der Waals surface area contributed by atoms with E-state index in [1.54, 1.807) is 7.11 Å². The van der Waals surface area contributed by atoms with Gasteiger partial charge in [0.05, 0.1) is 19.3 Å². The number of hydrogen-bond acceptors (Lipinski definition) is 3. The van der Waals surface area contributed by atoms with Crippen molar-refractivity contribution in [3.05, 3.63) is 82.2 Å². The zero-order valence-corrected chi connectivity index (χ0v) is 16.0. The standard InChI is InChI=1S/C22H27N3O/c1-16-8-10-19(11-9-16)15-25-18(3)22(17(2)24-25)14-23-13-20-6-5-7-21(12-20)26-4/h5-12,23H,13-15H2,1-4H3. The van der Waals surface area contributed by atoms with E-state index in [2.05, 4.69) is 67.2 Å². The second kappa shape index (κ2) is 8.19. The van der Waals surface area contributed by atoms with Gasteiger partial charge in [0.25, 0.3) is 0 Å². The molecule has 4 nitrogen and oxygen atoms in total. The molecule has 0 radical (unpaired) electrons. The van der Waals surface area contributed by atoms with Crippen molar-refractivity contribution in [2.75, 3.05) is 7.11 Å². The molecule has 0 unspecified atom stereocenters. The second-order valence-electron chi connectivity index (χ2n) is 6.75. The van der Waals surface area contributed by atoms with E-state index in [1.807, 2.05) is 12.1 Å². The van der Waals surface area contributed by atoms with Crippen molar-refractivity contribution in [3.63, 3.8) is 0 Å². The molecule has 3 rings (SSSR count). The fourth-order valence-corrected chi connectivity index (χ4v) is 3.12. The van der Waals surface area contributed by atoms with Gasteiger partial charge in [0.15, 0.2) is 0 Å². The number of ether oxygens (including phenoxy) is 1. The summed E-state index contributed by atoms with van der Waals surface area (Å²) in [5.41, 5.74) is 7.36. The van der Waals surface area contributed by atoms with Crippen LogP contribution in [-0.2, 0) is 19.6 Å². The summed E-state index contributed by atoms with van der Waals surface area (Å²) in [6, 6.07) is 16.8. The average molecular weight is 349 g/mol. The minimum Gasteiger partial charge on any atom is -0.497 e. The molecule has 0 aliphatic carbocycles. The Morgan fingerprint density at radius 2 is 1.73 bits per heavy atom. The van der Waals surface area contributed by atoms with Crippen LogP contribution in [0.25, 0.3) is 0 Å². The van der Waals surface area contributed by atoms with Gasteiger partial charge in [0.1, 0.15) is 5.75 Å². The molecule has 136 valence electrons. The van der Waals surface area contributed by atoms with Crippen LogP contribution in [0.15, 0.2) is 48.5 Å². The van der Waals surface area contributed by atoms with Crippen molar-refractivity contribution in [1.82, 2.24) is 15.1 Å². The normalized spacial score (nSPS) is 10.9. The molecule has 0 saturated carbocycles. The molecular weight excluding hydrogens is 322 g/mol. The Hall–Kier alpha value is -2.59. The number of nitrogens with one attached hydrogen (secondary N) is 1. The molecule has 0 amide bonds. The fourth-order valence-electron chi connectivity index (χ4n) is 3.12. The maximum absolute atomic E-state index is 5.28. The molecule has 0 aliphatic heterocycles. The largest absolute Gasteiger partial charge is 0.497 e. The fraction of sp³-hybridized carbons (Fsp3) is 0.318. The van der Waals surface area contributed by atoms with Gasteiger partial charge < -0.3 is 10.1 Å². The quantitative estimate of drug-likeness (QED) is 0.696. The van der Waals surface area contributed by atoms with Crippen LogP contribution in [0.1, 0.15) is 33.6 Å². The Kier molecular flexibility index (Phi) is 5.74. The first-order chi connectivity index (χ1) is 12.6. The summed E-state index contributed by atoms with van der Waals surface area (Å²) in [6.07, 6.45) is 0.